The third-order valence-corrected chi connectivity index (χ3v) is 4.04. The molecule has 0 aliphatic heterocycles. The zero-order valence-electron chi connectivity index (χ0n) is 13.3. The molecule has 2 aromatic rings. The van der Waals surface area contributed by atoms with E-state index in [1.165, 1.54) is 17.4 Å². The molecule has 0 radical (unpaired) electrons. The number of aromatic nitrogens is 1. The minimum absolute atomic E-state index is 0.111. The van der Waals surface area contributed by atoms with E-state index in [9.17, 15) is 9.59 Å². The predicted molar refractivity (Wildman–Crippen MR) is 89.6 cm³/mol. The number of nitrogens with zero attached hydrogens (tertiary/aromatic N) is 1. The van der Waals surface area contributed by atoms with E-state index in [1.807, 2.05) is 20.8 Å². The Balaban J connectivity index is 2.01. The van der Waals surface area contributed by atoms with Gasteiger partial charge in [-0.3, -0.25) is 9.59 Å². The highest BCUT2D eigenvalue weighted by atomic mass is 35.5. The Bertz CT molecular complexity index is 718. The molecule has 2 rings (SSSR count). The van der Waals surface area contributed by atoms with Crippen LogP contribution in [0.25, 0.3) is 10.6 Å². The number of carbonyl (C=O) groups is 2. The first-order valence-corrected chi connectivity index (χ1v) is 8.20. The lowest BCUT2D eigenvalue weighted by Crippen LogP contribution is -2.50. The Morgan fingerprint density at radius 1 is 1.35 bits per heavy atom. The lowest BCUT2D eigenvalue weighted by Gasteiger charge is -2.23. The zero-order valence-corrected chi connectivity index (χ0v) is 14.8. The molecule has 0 fully saturated rings. The van der Waals surface area contributed by atoms with Gasteiger partial charge in [0, 0.05) is 11.6 Å². The molecule has 2 heterocycles. The van der Waals surface area contributed by atoms with Crippen LogP contribution in [0.5, 0.6) is 0 Å². The van der Waals surface area contributed by atoms with Gasteiger partial charge in [-0.1, -0.05) is 16.8 Å². The molecule has 8 heteroatoms. The lowest BCUT2D eigenvalue weighted by atomic mass is 10.1. The van der Waals surface area contributed by atoms with Crippen LogP contribution >= 0.6 is 22.9 Å². The second-order valence-electron chi connectivity index (χ2n) is 6.11. The van der Waals surface area contributed by atoms with Gasteiger partial charge in [-0.2, -0.15) is 0 Å². The molecule has 23 heavy (non-hydrogen) atoms. The minimum Gasteiger partial charge on any atom is -0.355 e. The molecule has 0 saturated carbocycles. The molecule has 124 valence electrons. The zero-order chi connectivity index (χ0) is 17.2. The predicted octanol–water partition coefficient (Wildman–Crippen LogP) is 3.09. The number of thiophene rings is 1. The molecule has 1 atom stereocenters. The SMILES string of the molecule is CC(NC(=O)c1cc(-c2ccc(Cl)s2)on1)C(=O)NC(C)(C)C. The van der Waals surface area contributed by atoms with E-state index in [4.69, 9.17) is 16.1 Å². The van der Waals surface area contributed by atoms with E-state index in [2.05, 4.69) is 15.8 Å². The fraction of sp³-hybridized carbons (Fsp3) is 0.400. The van der Waals surface area contributed by atoms with Crippen LogP contribution in [-0.4, -0.2) is 28.6 Å². The van der Waals surface area contributed by atoms with Crippen molar-refractivity contribution in [3.63, 3.8) is 0 Å². The topological polar surface area (TPSA) is 84.2 Å². The number of rotatable bonds is 4. The monoisotopic (exact) mass is 355 g/mol. The first-order chi connectivity index (χ1) is 10.7. The summed E-state index contributed by atoms with van der Waals surface area (Å²) in [6, 6.07) is 4.36. The van der Waals surface area contributed by atoms with Crippen LogP contribution < -0.4 is 10.6 Å². The van der Waals surface area contributed by atoms with Gasteiger partial charge in [0.25, 0.3) is 5.91 Å². The molecular weight excluding hydrogens is 338 g/mol. The first-order valence-electron chi connectivity index (χ1n) is 7.01. The maximum Gasteiger partial charge on any atom is 0.274 e. The highest BCUT2D eigenvalue weighted by molar-refractivity contribution is 7.19. The number of hydrogen-bond donors (Lipinski definition) is 2. The second kappa shape index (κ2) is 6.72. The largest absolute Gasteiger partial charge is 0.355 e. The van der Waals surface area contributed by atoms with Crippen molar-refractivity contribution < 1.29 is 14.1 Å². The van der Waals surface area contributed by atoms with Gasteiger partial charge in [0.2, 0.25) is 5.91 Å². The van der Waals surface area contributed by atoms with E-state index in [0.29, 0.717) is 10.1 Å². The molecular formula is C15H18ClN3O3S. The number of halogens is 1. The second-order valence-corrected chi connectivity index (χ2v) is 7.83. The molecule has 0 saturated heterocycles. The highest BCUT2D eigenvalue weighted by Crippen LogP contribution is 2.31. The van der Waals surface area contributed by atoms with E-state index in [-0.39, 0.29) is 17.1 Å². The van der Waals surface area contributed by atoms with Gasteiger partial charge in [0.15, 0.2) is 11.5 Å². The number of amides is 2. The molecule has 2 N–H and O–H groups in total. The summed E-state index contributed by atoms with van der Waals surface area (Å²) in [5.41, 5.74) is -0.254. The van der Waals surface area contributed by atoms with Crippen LogP contribution in [0.15, 0.2) is 22.7 Å². The Hall–Kier alpha value is -1.86. The van der Waals surface area contributed by atoms with Gasteiger partial charge in [0.1, 0.15) is 6.04 Å². The first kappa shape index (κ1) is 17.5. The lowest BCUT2D eigenvalue weighted by molar-refractivity contribution is -0.124. The summed E-state index contributed by atoms with van der Waals surface area (Å²) in [6.45, 7) is 7.22. The molecule has 6 nitrogen and oxygen atoms in total. The summed E-state index contributed by atoms with van der Waals surface area (Å²) >= 11 is 7.20. The standard InChI is InChI=1S/C15H18ClN3O3S/c1-8(13(20)18-15(2,3)4)17-14(21)9-7-10(22-19-9)11-5-6-12(16)23-11/h5-8H,1-4H3,(H,17,21)(H,18,20). The van der Waals surface area contributed by atoms with Gasteiger partial charge in [0.05, 0.1) is 9.21 Å². The van der Waals surface area contributed by atoms with Crippen molar-refractivity contribution in [2.45, 2.75) is 39.3 Å². The molecule has 0 aliphatic rings. The maximum atomic E-state index is 12.1. The quantitative estimate of drug-likeness (QED) is 0.882. The van der Waals surface area contributed by atoms with E-state index >= 15 is 0 Å². The average molecular weight is 356 g/mol. The van der Waals surface area contributed by atoms with Crippen molar-refractivity contribution in [1.29, 1.82) is 0 Å². The van der Waals surface area contributed by atoms with Crippen molar-refractivity contribution in [3.05, 3.63) is 28.2 Å². The van der Waals surface area contributed by atoms with Crippen LogP contribution in [0.2, 0.25) is 4.34 Å². The molecule has 0 aromatic carbocycles. The summed E-state index contributed by atoms with van der Waals surface area (Å²) in [6.07, 6.45) is 0. The smallest absolute Gasteiger partial charge is 0.274 e. The summed E-state index contributed by atoms with van der Waals surface area (Å²) in [5, 5.41) is 9.12. The third-order valence-electron chi connectivity index (χ3n) is 2.80. The van der Waals surface area contributed by atoms with Crippen molar-refractivity contribution in [2.24, 2.45) is 0 Å². The Kier molecular flexibility index (Phi) is 5.11. The van der Waals surface area contributed by atoms with Crippen molar-refractivity contribution in [1.82, 2.24) is 15.8 Å². The normalized spacial score (nSPS) is 12.7. The summed E-state index contributed by atoms with van der Waals surface area (Å²) in [5.74, 6) is -0.280. The third kappa shape index (κ3) is 4.80. The van der Waals surface area contributed by atoms with Gasteiger partial charge in [-0.25, -0.2) is 0 Å². The van der Waals surface area contributed by atoms with Crippen LogP contribution in [-0.2, 0) is 4.79 Å². The van der Waals surface area contributed by atoms with E-state index < -0.39 is 11.9 Å². The summed E-state index contributed by atoms with van der Waals surface area (Å²) < 4.78 is 5.77. The molecule has 2 aromatic heterocycles. The van der Waals surface area contributed by atoms with E-state index in [1.54, 1.807) is 19.1 Å². The van der Waals surface area contributed by atoms with Crippen LogP contribution in [0.4, 0.5) is 0 Å². The van der Waals surface area contributed by atoms with Gasteiger partial charge in [-0.05, 0) is 39.8 Å². The molecule has 1 unspecified atom stereocenters. The minimum atomic E-state index is -0.682. The summed E-state index contributed by atoms with van der Waals surface area (Å²) in [7, 11) is 0. The Morgan fingerprint density at radius 2 is 2.04 bits per heavy atom. The molecule has 2 amide bonds. The van der Waals surface area contributed by atoms with Crippen molar-refractivity contribution in [2.75, 3.05) is 0 Å². The average Bonchev–Trinajstić information content (AvgIpc) is 3.04. The fourth-order valence-corrected chi connectivity index (χ4v) is 2.75. The number of nitrogens with one attached hydrogen (secondary N) is 2. The highest BCUT2D eigenvalue weighted by Gasteiger charge is 2.23. The van der Waals surface area contributed by atoms with E-state index in [0.717, 1.165) is 4.88 Å². The number of hydrogen-bond acceptors (Lipinski definition) is 5. The molecule has 0 aliphatic carbocycles. The fourth-order valence-electron chi connectivity index (χ4n) is 1.76. The Morgan fingerprint density at radius 3 is 2.61 bits per heavy atom. The van der Waals surface area contributed by atoms with Crippen molar-refractivity contribution in [3.8, 4) is 10.6 Å². The van der Waals surface area contributed by atoms with Gasteiger partial charge >= 0.3 is 0 Å². The Labute approximate surface area is 143 Å². The molecule has 0 bridgehead atoms. The maximum absolute atomic E-state index is 12.1. The van der Waals surface area contributed by atoms with Crippen molar-refractivity contribution >= 4 is 34.8 Å². The van der Waals surface area contributed by atoms with Crippen LogP contribution in [0.3, 0.4) is 0 Å². The van der Waals surface area contributed by atoms with Crippen LogP contribution in [0.1, 0.15) is 38.2 Å². The van der Waals surface area contributed by atoms with Gasteiger partial charge < -0.3 is 15.2 Å². The van der Waals surface area contributed by atoms with Crippen LogP contribution in [0, 0.1) is 0 Å². The molecule has 0 spiro atoms. The van der Waals surface area contributed by atoms with Gasteiger partial charge in [-0.15, -0.1) is 11.3 Å². The number of carbonyl (C=O) groups excluding carboxylic acids is 2. The summed E-state index contributed by atoms with van der Waals surface area (Å²) in [4.78, 5) is 24.9.